The van der Waals surface area contributed by atoms with Gasteiger partial charge in [-0.15, -0.1) is 11.8 Å². The van der Waals surface area contributed by atoms with E-state index >= 15 is 0 Å². The van der Waals surface area contributed by atoms with Crippen LogP contribution < -0.4 is 11.1 Å². The second-order valence-corrected chi connectivity index (χ2v) is 9.80. The molecule has 2 unspecified atom stereocenters. The number of fused-ring (bicyclic) bond motifs is 1. The number of carbonyl (C=O) groups excluding carboxylic acids is 4. The minimum absolute atomic E-state index is 0.196. The molecule has 160 valence electrons. The summed E-state index contributed by atoms with van der Waals surface area (Å²) in [4.78, 5) is 50.8. The largest absolute Gasteiger partial charge is 0.425 e. The average molecular weight is 433 g/mol. The molecule has 1 aromatic rings. The van der Waals surface area contributed by atoms with Crippen molar-refractivity contribution in [3.05, 3.63) is 35.9 Å². The number of ether oxygens (including phenoxy) is 2. The summed E-state index contributed by atoms with van der Waals surface area (Å²) in [6.45, 7) is 3.68. The van der Waals surface area contributed by atoms with Crippen molar-refractivity contribution in [3.63, 3.8) is 0 Å². The molecule has 3 heterocycles. The molecule has 3 aliphatic rings. The lowest BCUT2D eigenvalue weighted by molar-refractivity contribution is -0.185. The molecule has 3 saturated heterocycles. The predicted molar refractivity (Wildman–Crippen MR) is 107 cm³/mol. The van der Waals surface area contributed by atoms with Gasteiger partial charge in [0.05, 0.1) is 6.42 Å². The van der Waals surface area contributed by atoms with E-state index in [0.717, 1.165) is 0 Å². The third-order valence-electron chi connectivity index (χ3n) is 5.50. The van der Waals surface area contributed by atoms with Crippen LogP contribution in [0.2, 0.25) is 0 Å². The van der Waals surface area contributed by atoms with Crippen molar-refractivity contribution >= 4 is 35.5 Å². The highest BCUT2D eigenvalue weighted by Crippen LogP contribution is 2.51. The van der Waals surface area contributed by atoms with E-state index < -0.39 is 52.4 Å². The van der Waals surface area contributed by atoms with Gasteiger partial charge < -0.3 is 25.4 Å². The first-order valence-electron chi connectivity index (χ1n) is 9.70. The third kappa shape index (κ3) is 3.54. The van der Waals surface area contributed by atoms with Gasteiger partial charge in [-0.3, -0.25) is 14.4 Å². The maximum Gasteiger partial charge on any atom is 0.333 e. The number of nitrogens with zero attached hydrogens (tertiary/aromatic N) is 1. The Hall–Kier alpha value is -2.59. The smallest absolute Gasteiger partial charge is 0.333 e. The fourth-order valence-corrected chi connectivity index (χ4v) is 5.58. The van der Waals surface area contributed by atoms with Crippen LogP contribution >= 0.6 is 11.8 Å². The van der Waals surface area contributed by atoms with Gasteiger partial charge in [0.1, 0.15) is 23.5 Å². The van der Waals surface area contributed by atoms with Gasteiger partial charge in [-0.05, 0) is 19.4 Å². The van der Waals surface area contributed by atoms with E-state index in [2.05, 4.69) is 5.32 Å². The standard InChI is InChI=1S/C20H23N3O6S/c1-20(2)15(19(27)29-12-9-8-11(24)28-12)23-17(26)14(18(23)30-20)22-16(25)13(21)10-6-4-3-5-7-10/h3-7,12-15,18H,8-9,21H2,1-2H3,(H,22,25)/t12?,13?,14-,15+,18-/m1/s1. The molecule has 0 bridgehead atoms. The highest BCUT2D eigenvalue weighted by Gasteiger charge is 2.64. The van der Waals surface area contributed by atoms with Crippen LogP contribution in [0.1, 0.15) is 38.3 Å². The van der Waals surface area contributed by atoms with E-state index in [1.165, 1.54) is 16.7 Å². The lowest BCUT2D eigenvalue weighted by Crippen LogP contribution is -2.71. The maximum atomic E-state index is 12.8. The summed E-state index contributed by atoms with van der Waals surface area (Å²) in [5, 5.41) is 2.31. The van der Waals surface area contributed by atoms with Crippen molar-refractivity contribution in [1.82, 2.24) is 10.2 Å². The van der Waals surface area contributed by atoms with Crippen LogP contribution in [-0.4, -0.2) is 57.1 Å². The van der Waals surface area contributed by atoms with Crippen LogP contribution in [0, 0.1) is 0 Å². The number of esters is 2. The van der Waals surface area contributed by atoms with Crippen LogP contribution in [0.25, 0.3) is 0 Å². The Morgan fingerprint density at radius 1 is 1.30 bits per heavy atom. The summed E-state index contributed by atoms with van der Waals surface area (Å²) in [5.41, 5.74) is 6.66. The molecule has 3 fully saturated rings. The number of nitrogens with one attached hydrogen (secondary N) is 1. The zero-order chi connectivity index (χ0) is 21.6. The van der Waals surface area contributed by atoms with Gasteiger partial charge in [-0.25, -0.2) is 4.79 Å². The summed E-state index contributed by atoms with van der Waals surface area (Å²) in [5.74, 6) is -1.85. The van der Waals surface area contributed by atoms with Gasteiger partial charge in [0, 0.05) is 11.2 Å². The number of cyclic esters (lactones) is 1. The molecule has 9 nitrogen and oxygen atoms in total. The molecule has 5 atom stereocenters. The molecule has 0 aliphatic carbocycles. The third-order valence-corrected chi connectivity index (χ3v) is 7.07. The highest BCUT2D eigenvalue weighted by molar-refractivity contribution is 8.01. The molecule has 0 radical (unpaired) electrons. The minimum Gasteiger partial charge on any atom is -0.425 e. The monoisotopic (exact) mass is 433 g/mol. The summed E-state index contributed by atoms with van der Waals surface area (Å²) in [6, 6.07) is 6.38. The van der Waals surface area contributed by atoms with Crippen molar-refractivity contribution < 1.29 is 28.7 Å². The normalized spacial score (nSPS) is 30.2. The van der Waals surface area contributed by atoms with Gasteiger partial charge in [0.2, 0.25) is 18.1 Å². The average Bonchev–Trinajstić information content (AvgIpc) is 3.23. The van der Waals surface area contributed by atoms with E-state index in [1.54, 1.807) is 24.3 Å². The van der Waals surface area contributed by atoms with Crippen LogP contribution in [0.15, 0.2) is 30.3 Å². The van der Waals surface area contributed by atoms with Crippen LogP contribution in [0.5, 0.6) is 0 Å². The summed E-state index contributed by atoms with van der Waals surface area (Å²) in [6.07, 6.45) is -0.416. The minimum atomic E-state index is -0.916. The lowest BCUT2D eigenvalue weighted by Gasteiger charge is -2.44. The van der Waals surface area contributed by atoms with E-state index in [0.29, 0.717) is 12.0 Å². The van der Waals surface area contributed by atoms with Gasteiger partial charge in [-0.1, -0.05) is 30.3 Å². The SMILES string of the molecule is CC1(C)S[C@@H]2[C@H](NC(=O)C(N)c3ccccc3)C(=O)N2[C@H]1C(=O)OC1CCC(=O)O1. The number of β-lactam (4-membered cyclic amide) rings is 1. The van der Waals surface area contributed by atoms with Crippen LogP contribution in [0.4, 0.5) is 0 Å². The molecular weight excluding hydrogens is 410 g/mol. The van der Waals surface area contributed by atoms with E-state index in [-0.39, 0.29) is 12.3 Å². The zero-order valence-electron chi connectivity index (χ0n) is 16.6. The first kappa shape index (κ1) is 20.7. The number of nitrogens with two attached hydrogens (primary N) is 1. The zero-order valence-corrected chi connectivity index (χ0v) is 17.4. The number of hydrogen-bond acceptors (Lipinski definition) is 8. The van der Waals surface area contributed by atoms with Crippen molar-refractivity contribution in [2.75, 3.05) is 0 Å². The molecule has 3 aliphatic heterocycles. The molecule has 0 spiro atoms. The molecule has 30 heavy (non-hydrogen) atoms. The highest BCUT2D eigenvalue weighted by atomic mass is 32.2. The van der Waals surface area contributed by atoms with Gasteiger partial charge >= 0.3 is 11.9 Å². The second kappa shape index (κ2) is 7.59. The lowest BCUT2D eigenvalue weighted by atomic mass is 9.95. The summed E-state index contributed by atoms with van der Waals surface area (Å²) >= 11 is 1.41. The van der Waals surface area contributed by atoms with Crippen LogP contribution in [-0.2, 0) is 28.7 Å². The Labute approximate surface area is 177 Å². The fourth-order valence-electron chi connectivity index (χ4n) is 3.96. The van der Waals surface area contributed by atoms with E-state index in [4.69, 9.17) is 15.2 Å². The molecular formula is C20H23N3O6S. The Morgan fingerprint density at radius 2 is 2.00 bits per heavy atom. The number of rotatable bonds is 5. The van der Waals surface area contributed by atoms with Gasteiger partial charge in [0.25, 0.3) is 0 Å². The number of carbonyl (C=O) groups is 4. The van der Waals surface area contributed by atoms with Crippen molar-refractivity contribution in [2.45, 2.75) is 61.2 Å². The Balaban J connectivity index is 1.42. The number of hydrogen-bond donors (Lipinski definition) is 2. The fraction of sp³-hybridized carbons (Fsp3) is 0.500. The Bertz CT molecular complexity index is 892. The van der Waals surface area contributed by atoms with Crippen LogP contribution in [0.3, 0.4) is 0 Å². The number of benzene rings is 1. The Morgan fingerprint density at radius 3 is 2.63 bits per heavy atom. The maximum absolute atomic E-state index is 12.8. The molecule has 4 rings (SSSR count). The molecule has 0 aromatic heterocycles. The van der Waals surface area contributed by atoms with E-state index in [1.807, 2.05) is 19.9 Å². The Kier molecular flexibility index (Phi) is 5.23. The topological polar surface area (TPSA) is 128 Å². The first-order valence-corrected chi connectivity index (χ1v) is 10.6. The van der Waals surface area contributed by atoms with Gasteiger partial charge in [0.15, 0.2) is 0 Å². The molecule has 1 aromatic carbocycles. The molecule has 0 saturated carbocycles. The molecule has 2 amide bonds. The molecule has 3 N–H and O–H groups in total. The quantitative estimate of drug-likeness (QED) is 0.506. The number of amides is 2. The van der Waals surface area contributed by atoms with Crippen molar-refractivity contribution in [2.24, 2.45) is 5.73 Å². The van der Waals surface area contributed by atoms with Crippen molar-refractivity contribution in [3.8, 4) is 0 Å². The van der Waals surface area contributed by atoms with Gasteiger partial charge in [-0.2, -0.15) is 0 Å². The molecule has 10 heteroatoms. The number of thioether (sulfide) groups is 1. The van der Waals surface area contributed by atoms with Crippen molar-refractivity contribution in [1.29, 1.82) is 0 Å². The summed E-state index contributed by atoms with van der Waals surface area (Å²) in [7, 11) is 0. The predicted octanol–water partition coefficient (Wildman–Crippen LogP) is 0.440. The first-order chi connectivity index (χ1) is 14.2. The summed E-state index contributed by atoms with van der Waals surface area (Å²) < 4.78 is 9.63. The van der Waals surface area contributed by atoms with E-state index in [9.17, 15) is 19.2 Å². The second-order valence-electron chi connectivity index (χ2n) is 8.03.